The topological polar surface area (TPSA) is 80.3 Å². The van der Waals surface area contributed by atoms with Gasteiger partial charge in [-0.15, -0.1) is 0 Å². The second-order valence-corrected chi connectivity index (χ2v) is 6.33. The summed E-state index contributed by atoms with van der Waals surface area (Å²) in [5.74, 6) is -0.481. The van der Waals surface area contributed by atoms with E-state index in [2.05, 4.69) is 0 Å². The standard InChI is InChI=1S/C20H24O7/c1-2-23-19(22)9-11-24-16-12-17-18(26-15(16)8-10-21)13-25-20(27-17)14-6-4-3-5-7-14/h3-7,9-11,15-18,20H,2,8,12-13H2,1H3/b11-9+/t15-,16+,17-,18+,20+/m0/s1. The van der Waals surface area contributed by atoms with Gasteiger partial charge in [-0.1, -0.05) is 30.3 Å². The van der Waals surface area contributed by atoms with Crippen molar-refractivity contribution in [3.63, 3.8) is 0 Å². The van der Waals surface area contributed by atoms with Crippen LogP contribution < -0.4 is 0 Å². The molecular weight excluding hydrogens is 352 g/mol. The quantitative estimate of drug-likeness (QED) is 0.313. The zero-order valence-corrected chi connectivity index (χ0v) is 15.2. The summed E-state index contributed by atoms with van der Waals surface area (Å²) < 4.78 is 28.3. The number of hydrogen-bond donors (Lipinski definition) is 0. The van der Waals surface area contributed by atoms with Gasteiger partial charge in [-0.3, -0.25) is 0 Å². The van der Waals surface area contributed by atoms with E-state index in [-0.39, 0.29) is 18.6 Å². The van der Waals surface area contributed by atoms with Gasteiger partial charge in [0.1, 0.15) is 24.6 Å². The summed E-state index contributed by atoms with van der Waals surface area (Å²) >= 11 is 0. The predicted molar refractivity (Wildman–Crippen MR) is 94.6 cm³/mol. The number of carbonyl (C=O) groups excluding carboxylic acids is 2. The van der Waals surface area contributed by atoms with E-state index in [4.69, 9.17) is 23.7 Å². The van der Waals surface area contributed by atoms with Crippen LogP contribution in [0.2, 0.25) is 0 Å². The molecule has 0 radical (unpaired) electrons. The Morgan fingerprint density at radius 2 is 2.04 bits per heavy atom. The van der Waals surface area contributed by atoms with Crippen LogP contribution in [0.25, 0.3) is 0 Å². The second kappa shape index (κ2) is 9.64. The molecule has 0 bridgehead atoms. The molecule has 1 aromatic rings. The Labute approximate surface area is 158 Å². The first kappa shape index (κ1) is 19.5. The fourth-order valence-electron chi connectivity index (χ4n) is 3.22. The largest absolute Gasteiger partial charge is 0.495 e. The molecule has 2 fully saturated rings. The molecule has 7 heteroatoms. The summed E-state index contributed by atoms with van der Waals surface area (Å²) in [6.07, 6.45) is 2.25. The molecular formula is C20H24O7. The number of rotatable bonds is 7. The fourth-order valence-corrected chi connectivity index (χ4v) is 3.22. The van der Waals surface area contributed by atoms with E-state index in [1.807, 2.05) is 30.3 Å². The first-order valence-corrected chi connectivity index (χ1v) is 9.11. The Bertz CT molecular complexity index is 645. The van der Waals surface area contributed by atoms with Crippen molar-refractivity contribution in [2.24, 2.45) is 0 Å². The van der Waals surface area contributed by atoms with Crippen molar-refractivity contribution in [1.82, 2.24) is 0 Å². The SMILES string of the molecule is CCOC(=O)/C=C/O[C@@H]1C[C@@H]2O[C@H](c3ccccc3)OC[C@H]2O[C@H]1CC=O. The lowest BCUT2D eigenvalue weighted by molar-refractivity contribution is -0.301. The normalized spacial score (nSPS) is 30.5. The number of carbonyl (C=O) groups is 2. The molecule has 0 amide bonds. The highest BCUT2D eigenvalue weighted by atomic mass is 16.7. The first-order valence-electron chi connectivity index (χ1n) is 9.11. The van der Waals surface area contributed by atoms with E-state index in [0.29, 0.717) is 19.6 Å². The predicted octanol–water partition coefficient (Wildman–Crippen LogP) is 2.31. The Morgan fingerprint density at radius 3 is 2.78 bits per heavy atom. The van der Waals surface area contributed by atoms with Crippen molar-refractivity contribution in [3.05, 3.63) is 48.2 Å². The van der Waals surface area contributed by atoms with E-state index in [1.54, 1.807) is 6.92 Å². The zero-order chi connectivity index (χ0) is 19.1. The molecule has 2 aliphatic heterocycles. The molecule has 5 atom stereocenters. The smallest absolute Gasteiger partial charge is 0.333 e. The summed E-state index contributed by atoms with van der Waals surface area (Å²) in [5.41, 5.74) is 0.936. The fraction of sp³-hybridized carbons (Fsp3) is 0.500. The Morgan fingerprint density at radius 1 is 1.22 bits per heavy atom. The lowest BCUT2D eigenvalue weighted by Gasteiger charge is -2.44. The Balaban J connectivity index is 1.63. The van der Waals surface area contributed by atoms with Gasteiger partial charge in [0.2, 0.25) is 0 Å². The molecule has 146 valence electrons. The molecule has 2 aliphatic rings. The van der Waals surface area contributed by atoms with Crippen molar-refractivity contribution < 1.29 is 33.3 Å². The van der Waals surface area contributed by atoms with Gasteiger partial charge in [-0.2, -0.15) is 0 Å². The van der Waals surface area contributed by atoms with Gasteiger partial charge in [0.15, 0.2) is 6.29 Å². The Hall–Kier alpha value is -2.22. The maximum Gasteiger partial charge on any atom is 0.333 e. The van der Waals surface area contributed by atoms with E-state index in [0.717, 1.165) is 11.8 Å². The van der Waals surface area contributed by atoms with Gasteiger partial charge in [-0.25, -0.2) is 4.79 Å². The van der Waals surface area contributed by atoms with Gasteiger partial charge < -0.3 is 28.5 Å². The van der Waals surface area contributed by atoms with E-state index in [1.165, 1.54) is 12.3 Å². The second-order valence-electron chi connectivity index (χ2n) is 6.33. The maximum atomic E-state index is 11.4. The van der Waals surface area contributed by atoms with Gasteiger partial charge in [-0.05, 0) is 6.92 Å². The summed E-state index contributed by atoms with van der Waals surface area (Å²) in [4.78, 5) is 22.4. The number of esters is 1. The minimum atomic E-state index is -0.481. The van der Waals surface area contributed by atoms with Crippen LogP contribution in [0.3, 0.4) is 0 Å². The van der Waals surface area contributed by atoms with E-state index < -0.39 is 24.5 Å². The summed E-state index contributed by atoms with van der Waals surface area (Å²) in [7, 11) is 0. The number of hydrogen-bond acceptors (Lipinski definition) is 7. The average Bonchev–Trinajstić information content (AvgIpc) is 2.69. The third-order valence-electron chi connectivity index (χ3n) is 4.50. The molecule has 1 aromatic carbocycles. The third kappa shape index (κ3) is 5.15. The van der Waals surface area contributed by atoms with Crippen molar-refractivity contribution in [3.8, 4) is 0 Å². The molecule has 0 saturated carbocycles. The highest BCUT2D eigenvalue weighted by Crippen LogP contribution is 2.35. The highest BCUT2D eigenvalue weighted by Gasteiger charge is 2.43. The van der Waals surface area contributed by atoms with Crippen LogP contribution in [0.1, 0.15) is 31.6 Å². The molecule has 2 saturated heterocycles. The number of ether oxygens (including phenoxy) is 5. The van der Waals surface area contributed by atoms with Crippen LogP contribution in [0, 0.1) is 0 Å². The number of aldehydes is 1. The lowest BCUT2D eigenvalue weighted by Crippen LogP contribution is -2.53. The highest BCUT2D eigenvalue weighted by molar-refractivity contribution is 5.81. The molecule has 7 nitrogen and oxygen atoms in total. The van der Waals surface area contributed by atoms with Gasteiger partial charge in [0, 0.05) is 18.4 Å². The van der Waals surface area contributed by atoms with E-state index >= 15 is 0 Å². The molecule has 0 aromatic heterocycles. The van der Waals surface area contributed by atoms with E-state index in [9.17, 15) is 9.59 Å². The van der Waals surface area contributed by atoms with Crippen molar-refractivity contribution in [2.75, 3.05) is 13.2 Å². The molecule has 0 unspecified atom stereocenters. The number of fused-ring (bicyclic) bond motifs is 1. The van der Waals surface area contributed by atoms with Crippen molar-refractivity contribution in [1.29, 1.82) is 0 Å². The molecule has 27 heavy (non-hydrogen) atoms. The minimum Gasteiger partial charge on any atom is -0.495 e. The summed E-state index contributed by atoms with van der Waals surface area (Å²) in [6, 6.07) is 9.68. The minimum absolute atomic E-state index is 0.198. The van der Waals surface area contributed by atoms with Crippen LogP contribution in [-0.4, -0.2) is 49.9 Å². The first-order chi connectivity index (χ1) is 13.2. The summed E-state index contributed by atoms with van der Waals surface area (Å²) in [6.45, 7) is 2.40. The van der Waals surface area contributed by atoms with Crippen molar-refractivity contribution in [2.45, 2.75) is 50.5 Å². The van der Waals surface area contributed by atoms with Crippen LogP contribution in [0.4, 0.5) is 0 Å². The monoisotopic (exact) mass is 376 g/mol. The van der Waals surface area contributed by atoms with Gasteiger partial charge in [0.05, 0.1) is 31.7 Å². The maximum absolute atomic E-state index is 11.4. The van der Waals surface area contributed by atoms with Crippen molar-refractivity contribution >= 4 is 12.3 Å². The summed E-state index contributed by atoms with van der Waals surface area (Å²) in [5, 5.41) is 0. The van der Waals surface area contributed by atoms with Gasteiger partial charge >= 0.3 is 5.97 Å². The van der Waals surface area contributed by atoms with Crippen LogP contribution in [0.5, 0.6) is 0 Å². The lowest BCUT2D eigenvalue weighted by atomic mass is 9.95. The third-order valence-corrected chi connectivity index (χ3v) is 4.50. The Kier molecular flexibility index (Phi) is 6.98. The van der Waals surface area contributed by atoms with Crippen LogP contribution >= 0.6 is 0 Å². The molecule has 0 spiro atoms. The number of benzene rings is 1. The zero-order valence-electron chi connectivity index (χ0n) is 15.2. The molecule has 3 rings (SSSR count). The average molecular weight is 376 g/mol. The molecule has 0 aliphatic carbocycles. The molecule has 0 N–H and O–H groups in total. The molecule has 2 heterocycles. The van der Waals surface area contributed by atoms with Crippen LogP contribution in [-0.2, 0) is 33.3 Å². The van der Waals surface area contributed by atoms with Gasteiger partial charge in [0.25, 0.3) is 0 Å². The van der Waals surface area contributed by atoms with Crippen LogP contribution in [0.15, 0.2) is 42.7 Å².